The minimum absolute atomic E-state index is 0.00913. The molecular formula is C61H64N12O14S6. The number of aromatic nitrogens is 7. The van der Waals surface area contributed by atoms with Gasteiger partial charge in [-0.05, 0) is 56.2 Å². The number of aliphatic carboxylic acids is 2. The van der Waals surface area contributed by atoms with E-state index in [4.69, 9.17) is 49.1 Å². The summed E-state index contributed by atoms with van der Waals surface area (Å²) in [4.78, 5) is 144. The van der Waals surface area contributed by atoms with Crippen molar-refractivity contribution in [3.63, 3.8) is 0 Å². The second-order valence-electron chi connectivity index (χ2n) is 22.2. The van der Waals surface area contributed by atoms with Crippen LogP contribution in [0.5, 0.6) is 0 Å². The number of benzene rings is 1. The standard InChI is InChI=1S/C61H64N12O14S6/c1-28(2)35-19-41(74)47-29(3)92-58(71-47)37(20-44(75)62-4)65-52(80)39-25-88-54(67-39)34-16-17-36(56-69-43(27-91-56)73(22-33(86-6)18-46(77)78)61(84)87-32-14-12-31(13-15-32)60(82)83)64-48(34)38-24-89-57(66-38)40-26-90-59(68-40)50(51(79)30-10-8-7-9-11-30)70-45(76)21-63-53(81)49-42(23-85-5)93-55(35)72-49/h7-11,16-17,24-28,31-33,35,37,50-51,79H,12-15,18-23H2,1-6H3,(H,62,75)(H,63,81)(H,65,80)(H,70,76)(H,77,78)(H,82,83)/t31?,32?,33?,35-,37-,50-,51-/m0/s1. The molecule has 1 saturated carbocycles. The molecule has 0 saturated heterocycles. The number of carbonyl (C=O) groups is 8. The number of ketones is 1. The van der Waals surface area contributed by atoms with Gasteiger partial charge in [0.25, 0.3) is 11.8 Å². The number of anilines is 1. The van der Waals surface area contributed by atoms with Crippen LogP contribution in [0.3, 0.4) is 0 Å². The van der Waals surface area contributed by atoms with E-state index < -0.39 is 96.9 Å². The third-order valence-corrected chi connectivity index (χ3v) is 21.3. The maximum absolute atomic E-state index is 14.4. The molecule has 26 nitrogen and oxygen atoms in total. The summed E-state index contributed by atoms with van der Waals surface area (Å²) in [5, 5.41) is 51.2. The number of thiazole rings is 6. The second-order valence-corrected chi connectivity index (χ2v) is 28.0. The smallest absolute Gasteiger partial charge is 0.415 e. The first-order valence-corrected chi connectivity index (χ1v) is 34.4. The molecule has 1 aromatic carbocycles. The molecule has 2 aliphatic rings. The quantitative estimate of drug-likeness (QED) is 0.0473. The zero-order valence-corrected chi connectivity index (χ0v) is 55.8. The molecule has 1 aliphatic heterocycles. The predicted octanol–water partition coefficient (Wildman–Crippen LogP) is 9.27. The minimum Gasteiger partial charge on any atom is -0.481 e. The highest BCUT2D eigenvalue weighted by atomic mass is 32.1. The normalized spacial score (nSPS) is 18.8. The van der Waals surface area contributed by atoms with Crippen LogP contribution in [0.25, 0.3) is 43.4 Å². The summed E-state index contributed by atoms with van der Waals surface area (Å²) in [5.74, 6) is -5.92. The number of nitrogens with one attached hydrogen (secondary N) is 4. The molecule has 10 bridgehead atoms. The van der Waals surface area contributed by atoms with E-state index in [1.165, 1.54) is 48.8 Å². The molecule has 8 heterocycles. The minimum atomic E-state index is -1.31. The molecule has 0 radical (unpaired) electrons. The molecule has 10 rings (SSSR count). The second kappa shape index (κ2) is 30.2. The van der Waals surface area contributed by atoms with E-state index >= 15 is 0 Å². The van der Waals surface area contributed by atoms with E-state index in [0.717, 1.165) is 45.3 Å². The molecule has 93 heavy (non-hydrogen) atoms. The molecule has 488 valence electrons. The molecule has 5 atom stereocenters. The number of carboxylic acid groups (broad SMARTS) is 2. The average Bonchev–Trinajstić information content (AvgIpc) is 1.69. The monoisotopic (exact) mass is 1380 g/mol. The van der Waals surface area contributed by atoms with Gasteiger partial charge in [0.2, 0.25) is 11.8 Å². The summed E-state index contributed by atoms with van der Waals surface area (Å²) in [7, 11) is 4.26. The zero-order chi connectivity index (χ0) is 66.2. The number of aliphatic hydroxyl groups excluding tert-OH is 1. The van der Waals surface area contributed by atoms with Crippen LogP contribution in [0.2, 0.25) is 0 Å². The van der Waals surface area contributed by atoms with Gasteiger partial charge in [0, 0.05) is 65.6 Å². The molecular weight excluding hydrogens is 1320 g/mol. The van der Waals surface area contributed by atoms with Crippen LogP contribution >= 0.6 is 68.0 Å². The third kappa shape index (κ3) is 16.1. The van der Waals surface area contributed by atoms with Gasteiger partial charge >= 0.3 is 18.0 Å². The summed E-state index contributed by atoms with van der Waals surface area (Å²) >= 11 is 7.02. The summed E-state index contributed by atoms with van der Waals surface area (Å²) in [6.07, 6.45) is -3.22. The van der Waals surface area contributed by atoms with E-state index in [1.54, 1.807) is 70.9 Å². The van der Waals surface area contributed by atoms with Crippen molar-refractivity contribution in [2.24, 2.45) is 11.8 Å². The Morgan fingerprint density at radius 3 is 2.14 bits per heavy atom. The van der Waals surface area contributed by atoms with Gasteiger partial charge in [0.05, 0.1) is 66.2 Å². The first kappa shape index (κ1) is 67.7. The number of hydrogen-bond acceptors (Lipinski definition) is 25. The van der Waals surface area contributed by atoms with Gasteiger partial charge in [0.1, 0.15) is 83.3 Å². The lowest BCUT2D eigenvalue weighted by Gasteiger charge is -2.29. The Labute approximate surface area is 556 Å². The summed E-state index contributed by atoms with van der Waals surface area (Å²) in [5.41, 5.74) is 2.37. The largest absolute Gasteiger partial charge is 0.481 e. The van der Waals surface area contributed by atoms with Gasteiger partial charge in [-0.25, -0.2) is 39.7 Å². The van der Waals surface area contributed by atoms with Crippen molar-refractivity contribution in [3.05, 3.63) is 111 Å². The lowest BCUT2D eigenvalue weighted by atomic mass is 9.87. The summed E-state index contributed by atoms with van der Waals surface area (Å²) in [6, 6.07) is 9.98. The average molecular weight is 1380 g/mol. The number of pyridine rings is 1. The number of methoxy groups -OCH3 is 2. The van der Waals surface area contributed by atoms with Crippen LogP contribution in [0.4, 0.5) is 10.6 Å². The van der Waals surface area contributed by atoms with E-state index in [2.05, 4.69) is 21.3 Å². The van der Waals surface area contributed by atoms with Crippen LogP contribution in [-0.2, 0) is 40.0 Å². The van der Waals surface area contributed by atoms with Gasteiger partial charge in [-0.15, -0.1) is 68.0 Å². The highest BCUT2D eigenvalue weighted by Crippen LogP contribution is 2.41. The first-order valence-electron chi connectivity index (χ1n) is 29.3. The summed E-state index contributed by atoms with van der Waals surface area (Å²) in [6.45, 7) is 4.81. The maximum atomic E-state index is 14.4. The van der Waals surface area contributed by atoms with Crippen LogP contribution in [0, 0.1) is 18.8 Å². The Hall–Kier alpha value is -8.21. The van der Waals surface area contributed by atoms with Crippen LogP contribution < -0.4 is 26.2 Å². The Morgan fingerprint density at radius 1 is 0.731 bits per heavy atom. The first-order chi connectivity index (χ1) is 44.7. The third-order valence-electron chi connectivity index (χ3n) is 15.5. The van der Waals surface area contributed by atoms with Crippen LogP contribution in [0.15, 0.2) is 64.0 Å². The fourth-order valence-corrected chi connectivity index (χ4v) is 16.1. The fourth-order valence-electron chi connectivity index (χ4n) is 10.5. The molecule has 7 N–H and O–H groups in total. The SMILES string of the molecule is CNC(=O)C[C@@H]1NC(=O)c2csc(n2)-c2ccc(-c3nc(N(CC(CC(=O)O)OC)C(=O)OC4CCC(C(=O)O)CC4)cs3)nc2-c2csc(n2)-c2csc(n2)[C@H]([C@@H](O)c2ccccc2)NC(=O)CNC(=O)c2nc(sc2COC)[C@H](C(C)C)CC(=O)c2nc1sc2C. The van der Waals surface area contributed by atoms with E-state index in [-0.39, 0.29) is 66.3 Å². The Kier molecular flexibility index (Phi) is 22.0. The number of aryl methyl sites for hydroxylation is 1. The van der Waals surface area contributed by atoms with Crippen molar-refractivity contribution in [2.75, 3.05) is 39.3 Å². The number of amides is 5. The number of fused-ring (bicyclic) bond motifs is 14. The topological polar surface area (TPSA) is 367 Å². The molecule has 5 amide bonds. The Balaban J connectivity index is 1.05. The van der Waals surface area contributed by atoms with Crippen LogP contribution in [0.1, 0.15) is 145 Å². The zero-order valence-electron chi connectivity index (χ0n) is 50.9. The molecule has 32 heteroatoms. The number of nitrogens with zero attached hydrogens (tertiary/aromatic N) is 8. The maximum Gasteiger partial charge on any atom is 0.415 e. The number of rotatable bonds is 16. The number of Topliss-reactive ketones (excluding diaryl/α,β-unsaturated/α-hetero) is 1. The highest BCUT2D eigenvalue weighted by molar-refractivity contribution is 7.15. The molecule has 0 spiro atoms. The lowest BCUT2D eigenvalue weighted by Crippen LogP contribution is -2.42. The molecule has 1 aliphatic carbocycles. The van der Waals surface area contributed by atoms with Gasteiger partial charge in [0.15, 0.2) is 5.78 Å². The van der Waals surface area contributed by atoms with Gasteiger partial charge in [-0.1, -0.05) is 44.2 Å². The van der Waals surface area contributed by atoms with E-state index in [9.17, 15) is 53.7 Å². The lowest BCUT2D eigenvalue weighted by molar-refractivity contribution is -0.143. The Morgan fingerprint density at radius 2 is 1.43 bits per heavy atom. The van der Waals surface area contributed by atoms with E-state index in [1.807, 2.05) is 13.8 Å². The number of hydrogen-bond donors (Lipinski definition) is 7. The number of carbonyl (C=O) groups excluding carboxylic acids is 6. The van der Waals surface area contributed by atoms with Crippen LogP contribution in [-0.4, -0.2) is 144 Å². The highest BCUT2D eigenvalue weighted by Gasteiger charge is 2.35. The Bertz CT molecular complexity index is 4060. The van der Waals surface area contributed by atoms with Gasteiger partial charge in [-0.2, -0.15) is 0 Å². The van der Waals surface area contributed by atoms with Crippen molar-refractivity contribution >= 4 is 121 Å². The van der Waals surface area contributed by atoms with Crippen molar-refractivity contribution in [1.29, 1.82) is 0 Å². The van der Waals surface area contributed by atoms with Crippen molar-refractivity contribution in [2.45, 2.75) is 109 Å². The molecule has 1 fully saturated rings. The number of ether oxygens (including phenoxy) is 3. The van der Waals surface area contributed by atoms with Crippen molar-refractivity contribution in [3.8, 4) is 43.4 Å². The molecule has 8 aromatic rings. The van der Waals surface area contributed by atoms with E-state index in [0.29, 0.717) is 93.7 Å². The van der Waals surface area contributed by atoms with Gasteiger partial charge < -0.3 is 50.8 Å². The fraction of sp³-hybridized carbons (Fsp3) is 0.393. The van der Waals surface area contributed by atoms with Crippen molar-refractivity contribution < 1.29 is 67.9 Å². The van der Waals surface area contributed by atoms with Gasteiger partial charge in [-0.3, -0.25) is 38.5 Å². The molecule has 7 aromatic heterocycles. The predicted molar refractivity (Wildman–Crippen MR) is 349 cm³/mol. The summed E-state index contributed by atoms with van der Waals surface area (Å²) < 4.78 is 16.9. The number of carboxylic acids is 2. The number of aliphatic hydroxyl groups is 1. The van der Waals surface area contributed by atoms with Crippen molar-refractivity contribution in [1.82, 2.24) is 56.2 Å². The molecule has 1 unspecified atom stereocenters.